The summed E-state index contributed by atoms with van der Waals surface area (Å²) in [6.45, 7) is 4.60. The van der Waals surface area contributed by atoms with E-state index in [9.17, 15) is 9.90 Å². The largest absolute Gasteiger partial charge is 0.507 e. The van der Waals surface area contributed by atoms with Crippen molar-refractivity contribution in [3.8, 4) is 40.0 Å². The van der Waals surface area contributed by atoms with Crippen molar-refractivity contribution < 1.29 is 28.8 Å². The van der Waals surface area contributed by atoms with Gasteiger partial charge in [0.05, 0.1) is 34.0 Å². The van der Waals surface area contributed by atoms with Gasteiger partial charge in [-0.25, -0.2) is 0 Å². The van der Waals surface area contributed by atoms with Gasteiger partial charge in [0.25, 0.3) is 5.91 Å². The molecule has 1 aliphatic heterocycles. The molecule has 0 saturated carbocycles. The van der Waals surface area contributed by atoms with Crippen LogP contribution in [-0.4, -0.2) is 60.6 Å². The van der Waals surface area contributed by atoms with Gasteiger partial charge in [0.15, 0.2) is 23.0 Å². The number of halogens is 1. The minimum atomic E-state index is -0.518. The third kappa shape index (κ3) is 5.13. The molecule has 10 heteroatoms. The van der Waals surface area contributed by atoms with Crippen molar-refractivity contribution in [2.75, 3.05) is 34.5 Å². The maximum atomic E-state index is 13.9. The molecule has 1 atom stereocenters. The van der Waals surface area contributed by atoms with Crippen molar-refractivity contribution >= 4 is 17.5 Å². The molecular formula is C31H32ClN3O6. The van der Waals surface area contributed by atoms with E-state index in [-0.39, 0.29) is 11.7 Å². The second-order valence-corrected chi connectivity index (χ2v) is 10.1. The molecule has 1 unspecified atom stereocenters. The van der Waals surface area contributed by atoms with Crippen molar-refractivity contribution in [3.05, 3.63) is 81.5 Å². The summed E-state index contributed by atoms with van der Waals surface area (Å²) in [6, 6.07) is 14.1. The Morgan fingerprint density at radius 3 is 2.39 bits per heavy atom. The number of carbonyl (C=O) groups excluding carboxylic acids is 1. The molecule has 5 rings (SSSR count). The highest BCUT2D eigenvalue weighted by molar-refractivity contribution is 6.31. The summed E-state index contributed by atoms with van der Waals surface area (Å²) in [5.41, 5.74) is 4.45. The first-order chi connectivity index (χ1) is 19.8. The number of aromatic hydroxyl groups is 1. The fourth-order valence-corrected chi connectivity index (χ4v) is 5.41. The number of hydrogen-bond acceptors (Lipinski definition) is 7. The molecule has 3 aromatic carbocycles. The summed E-state index contributed by atoms with van der Waals surface area (Å²) < 4.78 is 22.2. The lowest BCUT2D eigenvalue weighted by molar-refractivity contribution is 0.0745. The standard InChI is InChI=1S/C31H32ClN3O6/c1-6-41-24-10-8-19(15-26(24)40-5)30-27-28(20-16-21(32)17(2)13-22(20)36)33-34-29(27)31(37)35(30)12-11-18-7-9-23(38-3)25(14-18)39-4/h7-10,13-16,30,36H,6,11-12H2,1-5H3,(H,33,34). The fourth-order valence-electron chi connectivity index (χ4n) is 5.25. The van der Waals surface area contributed by atoms with Gasteiger partial charge in [-0.1, -0.05) is 23.7 Å². The molecule has 1 aromatic heterocycles. The van der Waals surface area contributed by atoms with E-state index in [0.29, 0.717) is 70.1 Å². The number of hydrogen-bond donors (Lipinski definition) is 2. The van der Waals surface area contributed by atoms with Gasteiger partial charge in [0, 0.05) is 22.7 Å². The first-order valence-electron chi connectivity index (χ1n) is 13.2. The molecule has 1 amide bonds. The molecule has 2 N–H and O–H groups in total. The Labute approximate surface area is 243 Å². The van der Waals surface area contributed by atoms with Crippen LogP contribution in [0.1, 0.15) is 45.7 Å². The van der Waals surface area contributed by atoms with E-state index >= 15 is 0 Å². The number of amides is 1. The van der Waals surface area contributed by atoms with Gasteiger partial charge in [-0.2, -0.15) is 5.10 Å². The topological polar surface area (TPSA) is 106 Å². The zero-order valence-corrected chi connectivity index (χ0v) is 24.3. The number of phenolic OH excluding ortho intramolecular Hbond substituents is 1. The quantitative estimate of drug-likeness (QED) is 0.240. The van der Waals surface area contributed by atoms with E-state index in [4.69, 9.17) is 30.5 Å². The lowest BCUT2D eigenvalue weighted by Gasteiger charge is -2.27. The van der Waals surface area contributed by atoms with E-state index in [1.807, 2.05) is 50.2 Å². The number of aryl methyl sites for hydroxylation is 1. The van der Waals surface area contributed by atoms with Gasteiger partial charge >= 0.3 is 0 Å². The van der Waals surface area contributed by atoms with Crippen LogP contribution in [0.5, 0.6) is 28.7 Å². The van der Waals surface area contributed by atoms with E-state index < -0.39 is 6.04 Å². The number of benzene rings is 3. The average molecular weight is 578 g/mol. The molecular weight excluding hydrogens is 546 g/mol. The monoisotopic (exact) mass is 577 g/mol. The Morgan fingerprint density at radius 2 is 1.68 bits per heavy atom. The summed E-state index contributed by atoms with van der Waals surface area (Å²) in [5, 5.41) is 18.8. The Bertz CT molecular complexity index is 1600. The van der Waals surface area contributed by atoms with Crippen LogP contribution in [0.15, 0.2) is 48.5 Å². The van der Waals surface area contributed by atoms with Crippen LogP contribution in [0.25, 0.3) is 11.3 Å². The minimum absolute atomic E-state index is 0.0282. The van der Waals surface area contributed by atoms with Crippen molar-refractivity contribution in [2.45, 2.75) is 26.3 Å². The van der Waals surface area contributed by atoms with Crippen molar-refractivity contribution in [2.24, 2.45) is 0 Å². The predicted molar refractivity (Wildman–Crippen MR) is 156 cm³/mol. The van der Waals surface area contributed by atoms with Crippen LogP contribution in [0.4, 0.5) is 0 Å². The number of phenols is 1. The predicted octanol–water partition coefficient (Wildman–Crippen LogP) is 5.96. The normalized spacial score (nSPS) is 14.2. The van der Waals surface area contributed by atoms with Gasteiger partial charge < -0.3 is 29.0 Å². The van der Waals surface area contributed by atoms with Crippen LogP contribution in [0.2, 0.25) is 5.02 Å². The van der Waals surface area contributed by atoms with Gasteiger partial charge in [-0.05, 0) is 73.4 Å². The van der Waals surface area contributed by atoms with Crippen molar-refractivity contribution in [1.29, 1.82) is 0 Å². The number of fused-ring (bicyclic) bond motifs is 1. The van der Waals surface area contributed by atoms with E-state index in [2.05, 4.69) is 10.2 Å². The Balaban J connectivity index is 1.60. The molecule has 0 saturated heterocycles. The molecule has 1 aliphatic rings. The number of carbonyl (C=O) groups is 1. The van der Waals surface area contributed by atoms with Gasteiger partial charge in [0.1, 0.15) is 17.1 Å². The molecule has 0 aliphatic carbocycles. The SMILES string of the molecule is CCOc1ccc(C2c3c(-c4cc(Cl)c(C)cc4O)n[nH]c3C(=O)N2CCc2ccc(OC)c(OC)c2)cc1OC. The van der Waals surface area contributed by atoms with Crippen LogP contribution in [0, 0.1) is 6.92 Å². The Kier molecular flexibility index (Phi) is 7.99. The maximum Gasteiger partial charge on any atom is 0.273 e. The number of nitrogens with zero attached hydrogens (tertiary/aromatic N) is 2. The van der Waals surface area contributed by atoms with Gasteiger partial charge in [0.2, 0.25) is 0 Å². The number of methoxy groups -OCH3 is 3. The zero-order chi connectivity index (χ0) is 29.3. The van der Waals surface area contributed by atoms with Gasteiger partial charge in [-0.15, -0.1) is 0 Å². The number of ether oxygens (including phenoxy) is 4. The number of H-pyrrole nitrogens is 1. The Hall–Kier alpha value is -4.37. The first kappa shape index (κ1) is 28.2. The lowest BCUT2D eigenvalue weighted by atomic mass is 9.94. The van der Waals surface area contributed by atoms with Crippen LogP contribution in [-0.2, 0) is 6.42 Å². The number of aromatic amines is 1. The van der Waals surface area contributed by atoms with E-state index in [0.717, 1.165) is 16.7 Å². The van der Waals surface area contributed by atoms with Crippen LogP contribution >= 0.6 is 11.6 Å². The molecule has 0 spiro atoms. The number of rotatable bonds is 10. The first-order valence-corrected chi connectivity index (χ1v) is 13.6. The third-order valence-electron chi connectivity index (χ3n) is 7.29. The second-order valence-electron chi connectivity index (χ2n) is 9.66. The highest BCUT2D eigenvalue weighted by atomic mass is 35.5. The summed E-state index contributed by atoms with van der Waals surface area (Å²) in [6.07, 6.45) is 0.561. The lowest BCUT2D eigenvalue weighted by Crippen LogP contribution is -2.31. The molecule has 0 bridgehead atoms. The third-order valence-corrected chi connectivity index (χ3v) is 7.70. The highest BCUT2D eigenvalue weighted by Gasteiger charge is 2.42. The fraction of sp³-hybridized carbons (Fsp3) is 0.290. The molecule has 214 valence electrons. The summed E-state index contributed by atoms with van der Waals surface area (Å²) >= 11 is 6.44. The molecule has 4 aromatic rings. The van der Waals surface area contributed by atoms with Crippen molar-refractivity contribution in [1.82, 2.24) is 15.1 Å². The van der Waals surface area contributed by atoms with Gasteiger partial charge in [-0.3, -0.25) is 9.89 Å². The Morgan fingerprint density at radius 1 is 0.976 bits per heavy atom. The average Bonchev–Trinajstić information content (AvgIpc) is 3.52. The minimum Gasteiger partial charge on any atom is -0.507 e. The van der Waals surface area contributed by atoms with E-state index in [1.165, 1.54) is 0 Å². The molecule has 41 heavy (non-hydrogen) atoms. The molecule has 2 heterocycles. The molecule has 0 radical (unpaired) electrons. The number of nitrogens with one attached hydrogen (secondary N) is 1. The summed E-state index contributed by atoms with van der Waals surface area (Å²) in [5.74, 6) is 2.24. The highest BCUT2D eigenvalue weighted by Crippen LogP contribution is 2.46. The molecule has 9 nitrogen and oxygen atoms in total. The maximum absolute atomic E-state index is 13.9. The van der Waals surface area contributed by atoms with Crippen LogP contribution < -0.4 is 18.9 Å². The van der Waals surface area contributed by atoms with E-state index in [1.54, 1.807) is 38.4 Å². The second kappa shape index (κ2) is 11.6. The smallest absolute Gasteiger partial charge is 0.273 e. The summed E-state index contributed by atoms with van der Waals surface area (Å²) in [7, 11) is 4.76. The molecule has 0 fully saturated rings. The number of aromatic nitrogens is 2. The summed E-state index contributed by atoms with van der Waals surface area (Å²) in [4.78, 5) is 15.7. The van der Waals surface area contributed by atoms with Crippen LogP contribution in [0.3, 0.4) is 0 Å². The van der Waals surface area contributed by atoms with Crippen molar-refractivity contribution in [3.63, 3.8) is 0 Å². The zero-order valence-electron chi connectivity index (χ0n) is 23.6.